The summed E-state index contributed by atoms with van der Waals surface area (Å²) in [5, 5.41) is 53.5. The number of fused-ring (bicyclic) bond motifs is 1. The molecule has 26 heteroatoms. The number of phenols is 4. The molecular weight excluding hydrogens is 775 g/mol. The lowest BCUT2D eigenvalue weighted by Gasteiger charge is -2.13. The predicted molar refractivity (Wildman–Crippen MR) is 161 cm³/mol. The number of nitrogens with zero attached hydrogens (tertiary/aromatic N) is 4. The maximum atomic E-state index is 12.2. The van der Waals surface area contributed by atoms with Crippen LogP contribution in [-0.2, 0) is 40.5 Å². The van der Waals surface area contributed by atoms with E-state index in [1.54, 1.807) is 0 Å². The van der Waals surface area contributed by atoms with Gasteiger partial charge in [0.05, 0.1) is 5.39 Å². The molecule has 0 aliphatic carbocycles. The van der Waals surface area contributed by atoms with Gasteiger partial charge in [-0.05, 0) is 41.8 Å². The molecule has 0 heterocycles. The van der Waals surface area contributed by atoms with Gasteiger partial charge >= 0.3 is 0 Å². The van der Waals surface area contributed by atoms with Gasteiger partial charge in [-0.1, -0.05) is 23.2 Å². The number of azo groups is 2. The van der Waals surface area contributed by atoms with Crippen molar-refractivity contribution in [2.75, 3.05) is 0 Å². The Bertz CT molecular complexity index is 2400. The molecule has 0 spiro atoms. The van der Waals surface area contributed by atoms with E-state index in [4.69, 9.17) is 23.2 Å². The van der Waals surface area contributed by atoms with Gasteiger partial charge in [-0.3, -0.25) is 18.2 Å². The van der Waals surface area contributed by atoms with Gasteiger partial charge in [-0.25, -0.2) is 0 Å². The number of benzene rings is 4. The van der Waals surface area contributed by atoms with Crippen LogP contribution in [-0.4, -0.2) is 72.3 Å². The lowest BCUT2D eigenvalue weighted by molar-refractivity contribution is 0.442. The molecule has 0 amide bonds. The highest BCUT2D eigenvalue weighted by Gasteiger charge is 2.29. The van der Waals surface area contributed by atoms with E-state index in [9.17, 15) is 72.3 Å². The first-order valence-corrected chi connectivity index (χ1v) is 18.2. The number of aromatic hydroxyl groups is 4. The summed E-state index contributed by atoms with van der Waals surface area (Å²) in [4.78, 5) is -4.99. The minimum atomic E-state index is -5.43. The minimum absolute atomic E-state index is 0.427. The van der Waals surface area contributed by atoms with E-state index in [0.29, 0.717) is 24.3 Å². The highest BCUT2D eigenvalue weighted by atomic mass is 35.5. The van der Waals surface area contributed by atoms with Crippen LogP contribution in [0, 0.1) is 0 Å². The van der Waals surface area contributed by atoms with E-state index < -0.39 is 127 Å². The molecule has 0 radical (unpaired) electrons. The topological polar surface area (TPSA) is 348 Å². The molecule has 48 heavy (non-hydrogen) atoms. The van der Waals surface area contributed by atoms with Crippen molar-refractivity contribution in [3.8, 4) is 23.0 Å². The highest BCUT2D eigenvalue weighted by Crippen LogP contribution is 2.51. The fraction of sp³-hybridized carbons (Fsp3) is 0. The Morgan fingerprint density at radius 1 is 0.438 bits per heavy atom. The van der Waals surface area contributed by atoms with Crippen molar-refractivity contribution in [2.24, 2.45) is 20.5 Å². The third kappa shape index (κ3) is 7.26. The largest absolute Gasteiger partial charge is 0.505 e. The Kier molecular flexibility index (Phi) is 9.40. The Morgan fingerprint density at radius 3 is 1.04 bits per heavy atom. The predicted octanol–water partition coefficient (Wildman–Crippen LogP) is 4.79. The maximum absolute atomic E-state index is 12.2. The quantitative estimate of drug-likeness (QED) is 0.0878. The third-order valence-corrected chi connectivity index (χ3v) is 9.82. The lowest BCUT2D eigenvalue weighted by atomic mass is 10.1. The second-order valence-corrected chi connectivity index (χ2v) is 15.5. The van der Waals surface area contributed by atoms with E-state index in [0.717, 1.165) is 12.1 Å². The molecule has 0 aliphatic heterocycles. The smallest absolute Gasteiger partial charge is 0.298 e. The summed E-state index contributed by atoms with van der Waals surface area (Å²) in [5.41, 5.74) is -4.16. The fourth-order valence-electron chi connectivity index (χ4n) is 3.92. The Balaban J connectivity index is 2.07. The first-order chi connectivity index (χ1) is 21.8. The summed E-state index contributed by atoms with van der Waals surface area (Å²) < 4.78 is 133. The summed E-state index contributed by atoms with van der Waals surface area (Å²) in [6.45, 7) is 0. The third-order valence-electron chi connectivity index (χ3n) is 5.92. The zero-order valence-electron chi connectivity index (χ0n) is 22.5. The van der Waals surface area contributed by atoms with Gasteiger partial charge in [0.15, 0.2) is 23.0 Å². The van der Waals surface area contributed by atoms with Crippen molar-refractivity contribution in [1.82, 2.24) is 0 Å². The molecule has 0 aliphatic rings. The van der Waals surface area contributed by atoms with Crippen LogP contribution in [0.25, 0.3) is 10.8 Å². The normalized spacial score (nSPS) is 13.2. The molecule has 256 valence electrons. The SMILES string of the molecule is O=S(=O)(O)c1cc(Cl)cc(N=Nc2c(S(=O)(=O)O)cc3cc(S(=O)(=O)O)c(N=Nc4cc(Cl)cc(S(=O)(=O)O)c4O)c(O)c3c2O)c1O. The van der Waals surface area contributed by atoms with Gasteiger partial charge in [-0.15, -0.1) is 20.5 Å². The number of phenolic OH excluding ortho intramolecular Hbond substituents is 4. The average Bonchev–Trinajstić information content (AvgIpc) is 2.92. The first-order valence-electron chi connectivity index (χ1n) is 11.7. The van der Waals surface area contributed by atoms with Crippen LogP contribution in [0.5, 0.6) is 23.0 Å². The maximum Gasteiger partial charge on any atom is 0.298 e. The summed E-state index contributed by atoms with van der Waals surface area (Å²) in [6.07, 6.45) is 0. The summed E-state index contributed by atoms with van der Waals surface area (Å²) >= 11 is 11.6. The summed E-state index contributed by atoms with van der Waals surface area (Å²) in [6, 6.07) is 3.61. The Morgan fingerprint density at radius 2 is 0.750 bits per heavy atom. The zero-order chi connectivity index (χ0) is 36.3. The molecular formula is C22H14Cl2N4O16S4. The molecule has 0 saturated carbocycles. The van der Waals surface area contributed by atoms with Crippen molar-refractivity contribution >= 4 is 97.2 Å². The van der Waals surface area contributed by atoms with E-state index in [-0.39, 0.29) is 0 Å². The van der Waals surface area contributed by atoms with Crippen molar-refractivity contribution in [2.45, 2.75) is 19.6 Å². The average molecular weight is 790 g/mol. The Hall–Kier alpha value is -4.24. The van der Waals surface area contributed by atoms with Gasteiger partial charge in [0, 0.05) is 10.0 Å². The molecule has 0 atom stereocenters. The molecule has 0 fully saturated rings. The molecule has 8 N–H and O–H groups in total. The van der Waals surface area contributed by atoms with Crippen LogP contribution in [0.3, 0.4) is 0 Å². The van der Waals surface area contributed by atoms with Gasteiger partial charge in [0.2, 0.25) is 0 Å². The number of halogens is 2. The van der Waals surface area contributed by atoms with Crippen LogP contribution in [0.15, 0.2) is 76.4 Å². The number of rotatable bonds is 8. The highest BCUT2D eigenvalue weighted by molar-refractivity contribution is 7.86. The number of hydrogen-bond acceptors (Lipinski definition) is 16. The molecule has 4 aromatic carbocycles. The van der Waals surface area contributed by atoms with Crippen LogP contribution < -0.4 is 0 Å². The van der Waals surface area contributed by atoms with Crippen molar-refractivity contribution in [3.63, 3.8) is 0 Å². The van der Waals surface area contributed by atoms with E-state index in [1.165, 1.54) is 0 Å². The van der Waals surface area contributed by atoms with E-state index >= 15 is 0 Å². The van der Waals surface area contributed by atoms with Gasteiger partial charge < -0.3 is 20.4 Å². The van der Waals surface area contributed by atoms with Gasteiger partial charge in [0.25, 0.3) is 40.5 Å². The molecule has 4 rings (SSSR count). The molecule has 0 unspecified atom stereocenters. The van der Waals surface area contributed by atoms with Crippen LogP contribution in [0.1, 0.15) is 0 Å². The van der Waals surface area contributed by atoms with E-state index in [1.807, 2.05) is 0 Å². The second kappa shape index (κ2) is 12.3. The van der Waals surface area contributed by atoms with Crippen LogP contribution in [0.2, 0.25) is 10.0 Å². The monoisotopic (exact) mass is 788 g/mol. The molecule has 0 saturated heterocycles. The summed E-state index contributed by atoms with van der Waals surface area (Å²) in [7, 11) is -21.1. The first kappa shape index (κ1) is 36.6. The van der Waals surface area contributed by atoms with Crippen molar-refractivity contribution in [3.05, 3.63) is 46.4 Å². The summed E-state index contributed by atoms with van der Waals surface area (Å²) in [5.74, 6) is -5.33. The Labute approximate surface area is 277 Å². The van der Waals surface area contributed by atoms with E-state index in [2.05, 4.69) is 20.5 Å². The fourth-order valence-corrected chi connectivity index (χ4v) is 7.04. The van der Waals surface area contributed by atoms with Crippen molar-refractivity contribution < 1.29 is 72.3 Å². The lowest BCUT2D eigenvalue weighted by Crippen LogP contribution is -2.02. The molecule has 20 nitrogen and oxygen atoms in total. The van der Waals surface area contributed by atoms with Crippen LogP contribution in [0.4, 0.5) is 22.7 Å². The second-order valence-electron chi connectivity index (χ2n) is 9.09. The molecule has 0 aromatic heterocycles. The standard InChI is InChI=1S/C22H14Cl2N4O16S4/c23-8-3-10(19(29)14(5-8)47(39,40)41)25-27-17-12(45(33,34)35)1-7-2-13(46(36,37)38)18(22(32)16(7)21(17)31)28-26-11-4-9(24)6-15(20(11)30)48(42,43)44/h1-6,29-32H,(H,33,34,35)(H,36,37,38)(H,39,40,41)(H,42,43,44). The molecule has 0 bridgehead atoms. The van der Waals surface area contributed by atoms with Gasteiger partial charge in [-0.2, -0.15) is 33.7 Å². The van der Waals surface area contributed by atoms with Gasteiger partial charge in [0.1, 0.15) is 42.3 Å². The minimum Gasteiger partial charge on any atom is -0.505 e. The number of hydrogen-bond donors (Lipinski definition) is 8. The van der Waals surface area contributed by atoms with Crippen molar-refractivity contribution in [1.29, 1.82) is 0 Å². The van der Waals surface area contributed by atoms with Crippen LogP contribution >= 0.6 is 23.2 Å². The molecule has 4 aromatic rings. The zero-order valence-corrected chi connectivity index (χ0v) is 27.3.